The molecule has 0 atom stereocenters. The molecule has 1 saturated heterocycles. The van der Waals surface area contributed by atoms with Crippen molar-refractivity contribution in [3.8, 4) is 0 Å². The van der Waals surface area contributed by atoms with Crippen LogP contribution in [0.25, 0.3) is 0 Å². The molecule has 0 aromatic rings. The minimum absolute atomic E-state index is 0.0185. The van der Waals surface area contributed by atoms with E-state index in [0.717, 1.165) is 19.4 Å². The van der Waals surface area contributed by atoms with Gasteiger partial charge >= 0.3 is 6.03 Å². The molecule has 0 unspecified atom stereocenters. The predicted molar refractivity (Wildman–Crippen MR) is 80.6 cm³/mol. The minimum atomic E-state index is 0.0185. The maximum atomic E-state index is 11.4. The lowest BCUT2D eigenvalue weighted by Gasteiger charge is -2.30. The Bertz CT molecular complexity index is 313. The Morgan fingerprint density at radius 2 is 1.55 bits per heavy atom. The number of rotatable bonds is 1. The van der Waals surface area contributed by atoms with Gasteiger partial charge in [-0.3, -0.25) is 4.79 Å². The molecular weight excluding hydrogens is 254 g/mol. The number of urea groups is 1. The molecule has 2 rings (SSSR count). The van der Waals surface area contributed by atoms with Crippen LogP contribution in [0.2, 0.25) is 0 Å². The van der Waals surface area contributed by atoms with Gasteiger partial charge in [0.05, 0.1) is 0 Å². The third-order valence-electron chi connectivity index (χ3n) is 3.89. The number of likely N-dealkylation sites (tertiary alicyclic amines) is 1. The summed E-state index contributed by atoms with van der Waals surface area (Å²) in [4.78, 5) is 27.3. The van der Waals surface area contributed by atoms with Crippen LogP contribution in [-0.2, 0) is 4.79 Å². The van der Waals surface area contributed by atoms with Gasteiger partial charge in [0, 0.05) is 47.2 Å². The van der Waals surface area contributed by atoms with Crippen molar-refractivity contribution in [1.82, 2.24) is 14.7 Å². The minimum Gasteiger partial charge on any atom is -0.340 e. The number of amides is 3. The lowest BCUT2D eigenvalue weighted by atomic mass is 9.94. The summed E-state index contributed by atoms with van der Waals surface area (Å²) < 4.78 is 0. The Morgan fingerprint density at radius 1 is 1.00 bits per heavy atom. The van der Waals surface area contributed by atoms with Crippen LogP contribution in [0, 0.1) is 0 Å². The van der Waals surface area contributed by atoms with E-state index >= 15 is 0 Å². The number of carbonyl (C=O) groups excluding carboxylic acids is 2. The van der Waals surface area contributed by atoms with E-state index < -0.39 is 0 Å². The van der Waals surface area contributed by atoms with Crippen molar-refractivity contribution in [2.45, 2.75) is 51.0 Å². The first-order valence-electron chi connectivity index (χ1n) is 7.61. The fourth-order valence-electron chi connectivity index (χ4n) is 2.85. The second kappa shape index (κ2) is 8.12. The molecule has 1 aliphatic heterocycles. The maximum Gasteiger partial charge on any atom is 0.318 e. The Balaban J connectivity index is 0.000000221. The Labute approximate surface area is 122 Å². The third kappa shape index (κ3) is 5.02. The molecule has 5 nitrogen and oxygen atoms in total. The van der Waals surface area contributed by atoms with E-state index in [1.54, 1.807) is 28.2 Å². The van der Waals surface area contributed by atoms with Gasteiger partial charge in [-0.25, -0.2) is 4.79 Å². The Kier molecular flexibility index (Phi) is 6.82. The number of hydrogen-bond donors (Lipinski definition) is 0. The zero-order valence-corrected chi connectivity index (χ0v) is 13.4. The summed E-state index contributed by atoms with van der Waals surface area (Å²) in [5, 5.41) is 0. The van der Waals surface area contributed by atoms with Gasteiger partial charge in [-0.2, -0.15) is 0 Å². The smallest absolute Gasteiger partial charge is 0.318 e. The highest BCUT2D eigenvalue weighted by Crippen LogP contribution is 2.25. The summed E-state index contributed by atoms with van der Waals surface area (Å²) in [6, 6.07) is 0.624. The average molecular weight is 283 g/mol. The Morgan fingerprint density at radius 3 is 1.90 bits per heavy atom. The van der Waals surface area contributed by atoms with Crippen LogP contribution in [0.5, 0.6) is 0 Å². The SMILES string of the molecule is CN(C)C(=O)N(C)C.O=C1CCCN1C1CCCCC1. The van der Waals surface area contributed by atoms with Crippen molar-refractivity contribution >= 4 is 11.9 Å². The third-order valence-corrected chi connectivity index (χ3v) is 3.89. The van der Waals surface area contributed by atoms with E-state index in [4.69, 9.17) is 0 Å². The second-order valence-corrected chi connectivity index (χ2v) is 6.05. The van der Waals surface area contributed by atoms with Crippen LogP contribution >= 0.6 is 0 Å². The monoisotopic (exact) mass is 283 g/mol. The maximum absolute atomic E-state index is 11.4. The molecule has 2 fully saturated rings. The van der Waals surface area contributed by atoms with Crippen LogP contribution < -0.4 is 0 Å². The van der Waals surface area contributed by atoms with Crippen LogP contribution in [0.1, 0.15) is 44.9 Å². The highest BCUT2D eigenvalue weighted by molar-refractivity contribution is 5.78. The molecule has 1 saturated carbocycles. The van der Waals surface area contributed by atoms with E-state index in [1.165, 1.54) is 41.9 Å². The van der Waals surface area contributed by atoms with Crippen molar-refractivity contribution in [2.75, 3.05) is 34.7 Å². The molecule has 0 aromatic heterocycles. The molecule has 0 N–H and O–H groups in total. The molecule has 20 heavy (non-hydrogen) atoms. The van der Waals surface area contributed by atoms with Crippen molar-refractivity contribution in [2.24, 2.45) is 0 Å². The van der Waals surface area contributed by atoms with Gasteiger partial charge < -0.3 is 14.7 Å². The first kappa shape index (κ1) is 16.8. The first-order chi connectivity index (χ1) is 9.43. The van der Waals surface area contributed by atoms with Gasteiger partial charge in [-0.05, 0) is 19.3 Å². The van der Waals surface area contributed by atoms with Gasteiger partial charge in [-0.15, -0.1) is 0 Å². The van der Waals surface area contributed by atoms with Crippen LogP contribution in [-0.4, -0.2) is 67.4 Å². The largest absolute Gasteiger partial charge is 0.340 e. The van der Waals surface area contributed by atoms with Crippen molar-refractivity contribution < 1.29 is 9.59 Å². The fraction of sp³-hybridized carbons (Fsp3) is 0.867. The molecule has 2 aliphatic rings. The summed E-state index contributed by atoms with van der Waals surface area (Å²) in [6.45, 7) is 1.03. The molecule has 0 bridgehead atoms. The van der Waals surface area contributed by atoms with Gasteiger partial charge in [0.2, 0.25) is 5.91 Å². The topological polar surface area (TPSA) is 43.9 Å². The molecule has 0 spiro atoms. The second-order valence-electron chi connectivity index (χ2n) is 6.05. The first-order valence-corrected chi connectivity index (χ1v) is 7.61. The van der Waals surface area contributed by atoms with Gasteiger partial charge in [0.15, 0.2) is 0 Å². The number of nitrogens with zero attached hydrogens (tertiary/aromatic N) is 3. The predicted octanol–water partition coefficient (Wildman–Crippen LogP) is 2.17. The highest BCUT2D eigenvalue weighted by Gasteiger charge is 2.28. The molecule has 0 aromatic carbocycles. The molecule has 1 heterocycles. The van der Waals surface area contributed by atoms with Gasteiger partial charge in [-0.1, -0.05) is 19.3 Å². The molecule has 3 amide bonds. The Hall–Kier alpha value is -1.26. The molecule has 5 heteroatoms. The van der Waals surface area contributed by atoms with E-state index in [0.29, 0.717) is 11.9 Å². The number of hydrogen-bond acceptors (Lipinski definition) is 2. The van der Waals surface area contributed by atoms with Crippen LogP contribution in [0.4, 0.5) is 4.79 Å². The van der Waals surface area contributed by atoms with E-state index in [1.807, 2.05) is 0 Å². The summed E-state index contributed by atoms with van der Waals surface area (Å²) >= 11 is 0. The zero-order chi connectivity index (χ0) is 15.1. The summed E-state index contributed by atoms with van der Waals surface area (Å²) in [7, 11) is 6.90. The van der Waals surface area contributed by atoms with Crippen molar-refractivity contribution in [1.29, 1.82) is 0 Å². The lowest BCUT2D eigenvalue weighted by molar-refractivity contribution is -0.130. The molecule has 1 aliphatic carbocycles. The van der Waals surface area contributed by atoms with E-state index in [9.17, 15) is 9.59 Å². The standard InChI is InChI=1S/C10H17NO.C5H12N2O/c12-10-7-4-8-11(10)9-5-2-1-3-6-9;1-6(2)5(8)7(3)4/h9H,1-8H2;1-4H3. The van der Waals surface area contributed by atoms with Gasteiger partial charge in [0.1, 0.15) is 0 Å². The van der Waals surface area contributed by atoms with Crippen LogP contribution in [0.15, 0.2) is 0 Å². The quantitative estimate of drug-likeness (QED) is 0.740. The summed E-state index contributed by atoms with van der Waals surface area (Å²) in [6.07, 6.45) is 8.44. The van der Waals surface area contributed by atoms with E-state index in [-0.39, 0.29) is 6.03 Å². The molecule has 0 radical (unpaired) electrons. The summed E-state index contributed by atoms with van der Waals surface area (Å²) in [5.41, 5.74) is 0. The molecular formula is C15H29N3O2. The van der Waals surface area contributed by atoms with E-state index in [2.05, 4.69) is 4.90 Å². The summed E-state index contributed by atoms with van der Waals surface area (Å²) in [5.74, 6) is 0.405. The fourth-order valence-corrected chi connectivity index (χ4v) is 2.85. The van der Waals surface area contributed by atoms with Crippen LogP contribution in [0.3, 0.4) is 0 Å². The average Bonchev–Trinajstić information content (AvgIpc) is 2.85. The van der Waals surface area contributed by atoms with Crippen molar-refractivity contribution in [3.63, 3.8) is 0 Å². The van der Waals surface area contributed by atoms with Gasteiger partial charge in [0.25, 0.3) is 0 Å². The normalized spacial score (nSPS) is 19.4. The highest BCUT2D eigenvalue weighted by atomic mass is 16.2. The molecule has 116 valence electrons. The zero-order valence-electron chi connectivity index (χ0n) is 13.4. The number of carbonyl (C=O) groups is 2. The lowest BCUT2D eigenvalue weighted by Crippen LogP contribution is -2.37. The van der Waals surface area contributed by atoms with Crippen molar-refractivity contribution in [3.05, 3.63) is 0 Å².